The first-order valence-electron chi connectivity index (χ1n) is 10.1. The lowest BCUT2D eigenvalue weighted by Gasteiger charge is -2.32. The largest absolute Gasteiger partial charge is 0.366 e. The summed E-state index contributed by atoms with van der Waals surface area (Å²) in [6.07, 6.45) is 5.77. The molecule has 3 aromatic rings. The number of hydrogen-bond donors (Lipinski definition) is 1. The molecule has 1 fully saturated rings. The minimum absolute atomic E-state index is 0.135. The molecule has 2 aromatic heterocycles. The number of nitrogens with two attached hydrogens (primary N) is 1. The van der Waals surface area contributed by atoms with Gasteiger partial charge in [0.15, 0.2) is 0 Å². The van der Waals surface area contributed by atoms with Crippen molar-refractivity contribution < 1.29 is 9.59 Å². The van der Waals surface area contributed by atoms with E-state index >= 15 is 0 Å². The fraction of sp³-hybridized carbons (Fsp3) is 0.250. The highest BCUT2D eigenvalue weighted by molar-refractivity contribution is 5.94. The van der Waals surface area contributed by atoms with Crippen molar-refractivity contribution in [3.63, 3.8) is 0 Å². The van der Waals surface area contributed by atoms with Crippen LogP contribution in [-0.4, -0.2) is 39.8 Å². The van der Waals surface area contributed by atoms with E-state index in [9.17, 15) is 9.59 Å². The molecule has 0 unspecified atom stereocenters. The highest BCUT2D eigenvalue weighted by atomic mass is 16.2. The highest BCUT2D eigenvalue weighted by Gasteiger charge is 2.25. The predicted octanol–water partition coefficient (Wildman–Crippen LogP) is 3.19. The van der Waals surface area contributed by atoms with E-state index in [0.29, 0.717) is 18.5 Å². The van der Waals surface area contributed by atoms with Crippen LogP contribution in [0.3, 0.4) is 0 Å². The Balaban J connectivity index is 1.50. The van der Waals surface area contributed by atoms with Gasteiger partial charge in [0.1, 0.15) is 0 Å². The Labute approximate surface area is 175 Å². The molecule has 0 radical (unpaired) electrons. The fourth-order valence-electron chi connectivity index (χ4n) is 3.90. The molecule has 30 heavy (non-hydrogen) atoms. The molecule has 1 aromatic carbocycles. The summed E-state index contributed by atoms with van der Waals surface area (Å²) in [5.74, 6) is -0.126. The van der Waals surface area contributed by atoms with Gasteiger partial charge in [-0.05, 0) is 54.8 Å². The first kappa shape index (κ1) is 19.8. The van der Waals surface area contributed by atoms with Gasteiger partial charge in [-0.25, -0.2) is 0 Å². The summed E-state index contributed by atoms with van der Waals surface area (Å²) in [7, 11) is 0. The molecular formula is C24H24N4O2. The topological polar surface area (TPSA) is 89.2 Å². The SMILES string of the molecule is NC(=O)c1cccc(-c2cccc([C@H]3CCCN(C(=O)Cc4ccncc4)C3)n2)c1. The zero-order valence-electron chi connectivity index (χ0n) is 16.7. The number of primary amides is 1. The zero-order chi connectivity index (χ0) is 20.9. The van der Waals surface area contributed by atoms with Crippen molar-refractivity contribution in [3.05, 3.63) is 83.8 Å². The summed E-state index contributed by atoms with van der Waals surface area (Å²) in [6, 6.07) is 16.9. The predicted molar refractivity (Wildman–Crippen MR) is 115 cm³/mol. The van der Waals surface area contributed by atoms with Gasteiger partial charge in [0.25, 0.3) is 0 Å². The van der Waals surface area contributed by atoms with Gasteiger partial charge in [-0.2, -0.15) is 0 Å². The number of likely N-dealkylation sites (tertiary alicyclic amines) is 1. The van der Waals surface area contributed by atoms with Crippen molar-refractivity contribution in [1.29, 1.82) is 0 Å². The third-order valence-electron chi connectivity index (χ3n) is 5.51. The third kappa shape index (κ3) is 4.54. The number of pyridine rings is 2. The lowest BCUT2D eigenvalue weighted by molar-refractivity contribution is -0.131. The normalized spacial score (nSPS) is 16.3. The van der Waals surface area contributed by atoms with Crippen LogP contribution in [-0.2, 0) is 11.2 Å². The molecule has 0 bridgehead atoms. The first-order chi connectivity index (χ1) is 14.6. The molecule has 0 spiro atoms. The maximum atomic E-state index is 12.8. The quantitative estimate of drug-likeness (QED) is 0.712. The van der Waals surface area contributed by atoms with Crippen LogP contribution in [0.25, 0.3) is 11.3 Å². The van der Waals surface area contributed by atoms with Gasteiger partial charge >= 0.3 is 0 Å². The highest BCUT2D eigenvalue weighted by Crippen LogP contribution is 2.28. The Kier molecular flexibility index (Phi) is 5.84. The number of piperidine rings is 1. The first-order valence-corrected chi connectivity index (χ1v) is 10.1. The maximum Gasteiger partial charge on any atom is 0.248 e. The number of rotatable bonds is 5. The Bertz CT molecular complexity index is 1050. The Hall–Kier alpha value is -3.54. The van der Waals surface area contributed by atoms with Crippen LogP contribution in [0.2, 0.25) is 0 Å². The van der Waals surface area contributed by atoms with Crippen molar-refractivity contribution in [2.24, 2.45) is 5.73 Å². The number of benzene rings is 1. The van der Waals surface area contributed by atoms with Crippen molar-refractivity contribution in [2.45, 2.75) is 25.2 Å². The summed E-state index contributed by atoms with van der Waals surface area (Å²) in [5.41, 5.74) is 9.48. The zero-order valence-corrected chi connectivity index (χ0v) is 16.7. The van der Waals surface area contributed by atoms with Gasteiger partial charge in [0.2, 0.25) is 11.8 Å². The van der Waals surface area contributed by atoms with E-state index in [1.807, 2.05) is 47.4 Å². The molecule has 152 valence electrons. The van der Waals surface area contributed by atoms with Crippen LogP contribution in [0.5, 0.6) is 0 Å². The van der Waals surface area contributed by atoms with Crippen LogP contribution < -0.4 is 5.73 Å². The number of aromatic nitrogens is 2. The molecule has 0 aliphatic carbocycles. The fourth-order valence-corrected chi connectivity index (χ4v) is 3.90. The summed E-state index contributed by atoms with van der Waals surface area (Å²) < 4.78 is 0. The molecule has 1 aliphatic rings. The van der Waals surface area contributed by atoms with E-state index in [4.69, 9.17) is 10.7 Å². The third-order valence-corrected chi connectivity index (χ3v) is 5.51. The standard InChI is InChI=1S/C24H24N4O2/c25-24(30)19-5-1-4-18(15-19)21-7-2-8-22(27-21)20-6-3-13-28(16-20)23(29)14-17-9-11-26-12-10-17/h1-2,4-5,7-12,15,20H,3,6,13-14,16H2,(H2,25,30)/t20-/m0/s1. The van der Waals surface area contributed by atoms with Crippen molar-refractivity contribution in [3.8, 4) is 11.3 Å². The van der Waals surface area contributed by atoms with E-state index in [1.54, 1.807) is 24.5 Å². The lowest BCUT2D eigenvalue weighted by Crippen LogP contribution is -2.40. The molecule has 2 amide bonds. The van der Waals surface area contributed by atoms with Crippen LogP contribution in [0.15, 0.2) is 67.0 Å². The van der Waals surface area contributed by atoms with E-state index in [1.165, 1.54) is 0 Å². The molecule has 2 N–H and O–H groups in total. The van der Waals surface area contributed by atoms with Gasteiger partial charge in [0.05, 0.1) is 12.1 Å². The number of carbonyl (C=O) groups is 2. The number of nitrogens with zero attached hydrogens (tertiary/aromatic N) is 3. The van der Waals surface area contributed by atoms with Crippen LogP contribution in [0.1, 0.15) is 40.4 Å². The molecule has 6 nitrogen and oxygen atoms in total. The second-order valence-electron chi connectivity index (χ2n) is 7.60. The summed E-state index contributed by atoms with van der Waals surface area (Å²) in [4.78, 5) is 35.1. The maximum absolute atomic E-state index is 12.8. The van der Waals surface area contributed by atoms with Crippen molar-refractivity contribution in [1.82, 2.24) is 14.9 Å². The Morgan fingerprint density at radius 3 is 2.67 bits per heavy atom. The van der Waals surface area contributed by atoms with Crippen LogP contribution in [0, 0.1) is 0 Å². The van der Waals surface area contributed by atoms with Gasteiger partial charge < -0.3 is 10.6 Å². The average Bonchev–Trinajstić information content (AvgIpc) is 2.80. The van der Waals surface area contributed by atoms with Gasteiger partial charge in [-0.3, -0.25) is 19.6 Å². The van der Waals surface area contributed by atoms with E-state index in [0.717, 1.165) is 41.9 Å². The molecule has 6 heteroatoms. The minimum atomic E-state index is -0.455. The molecule has 0 saturated carbocycles. The average molecular weight is 400 g/mol. The summed E-state index contributed by atoms with van der Waals surface area (Å²) in [6.45, 7) is 1.45. The number of carbonyl (C=O) groups excluding carboxylic acids is 2. The monoisotopic (exact) mass is 400 g/mol. The summed E-state index contributed by atoms with van der Waals surface area (Å²) >= 11 is 0. The minimum Gasteiger partial charge on any atom is -0.366 e. The van der Waals surface area contributed by atoms with Crippen molar-refractivity contribution >= 4 is 11.8 Å². The van der Waals surface area contributed by atoms with Gasteiger partial charge in [0, 0.05) is 48.2 Å². The second-order valence-corrected chi connectivity index (χ2v) is 7.60. The molecule has 1 saturated heterocycles. The molecule has 1 atom stereocenters. The molecular weight excluding hydrogens is 376 g/mol. The van der Waals surface area contributed by atoms with Crippen LogP contribution >= 0.6 is 0 Å². The lowest BCUT2D eigenvalue weighted by atomic mass is 9.93. The molecule has 4 rings (SSSR count). The Morgan fingerprint density at radius 2 is 1.87 bits per heavy atom. The van der Waals surface area contributed by atoms with Gasteiger partial charge in [-0.1, -0.05) is 18.2 Å². The van der Waals surface area contributed by atoms with E-state index < -0.39 is 5.91 Å². The number of hydrogen-bond acceptors (Lipinski definition) is 4. The summed E-state index contributed by atoms with van der Waals surface area (Å²) in [5, 5.41) is 0. The van der Waals surface area contributed by atoms with E-state index in [2.05, 4.69) is 4.98 Å². The molecule has 1 aliphatic heterocycles. The second kappa shape index (κ2) is 8.86. The molecule has 3 heterocycles. The van der Waals surface area contributed by atoms with E-state index in [-0.39, 0.29) is 11.8 Å². The van der Waals surface area contributed by atoms with Gasteiger partial charge in [-0.15, -0.1) is 0 Å². The number of amides is 2. The Morgan fingerprint density at radius 1 is 1.07 bits per heavy atom. The smallest absolute Gasteiger partial charge is 0.248 e. The van der Waals surface area contributed by atoms with Crippen LogP contribution in [0.4, 0.5) is 0 Å². The van der Waals surface area contributed by atoms with Crippen molar-refractivity contribution in [2.75, 3.05) is 13.1 Å².